The Kier molecular flexibility index (Phi) is 8.23. The summed E-state index contributed by atoms with van der Waals surface area (Å²) in [6.07, 6.45) is 3.45. The number of aromatic nitrogens is 2. The van der Waals surface area contributed by atoms with Crippen LogP contribution < -0.4 is 5.32 Å². The number of aromatic amines is 1. The van der Waals surface area contributed by atoms with E-state index in [1.807, 2.05) is 18.2 Å². The molecule has 1 unspecified atom stereocenters. The van der Waals surface area contributed by atoms with Crippen molar-refractivity contribution in [3.63, 3.8) is 0 Å². The molecule has 8 nitrogen and oxygen atoms in total. The maximum absolute atomic E-state index is 11.4. The predicted molar refractivity (Wildman–Crippen MR) is 175 cm³/mol. The Hall–Kier alpha value is -5.05. The van der Waals surface area contributed by atoms with E-state index in [0.29, 0.717) is 30.5 Å². The second-order valence-corrected chi connectivity index (χ2v) is 11.7. The molecule has 2 heterocycles. The van der Waals surface area contributed by atoms with Crippen molar-refractivity contribution in [1.29, 1.82) is 0 Å². The highest BCUT2D eigenvalue weighted by Crippen LogP contribution is 2.36. The molecular formula is C37H35N5O3. The van der Waals surface area contributed by atoms with Crippen molar-refractivity contribution in [3.8, 4) is 11.3 Å². The number of aryl methyl sites for hydroxylation is 1. The first kappa shape index (κ1) is 28.7. The number of nitrogens with zero attached hydrogens (tertiary/aromatic N) is 3. The molecule has 1 aliphatic carbocycles. The molecule has 8 heteroatoms. The van der Waals surface area contributed by atoms with Gasteiger partial charge in [-0.05, 0) is 71.8 Å². The Morgan fingerprint density at radius 3 is 2.51 bits per heavy atom. The van der Waals surface area contributed by atoms with E-state index >= 15 is 0 Å². The van der Waals surface area contributed by atoms with Gasteiger partial charge in [-0.3, -0.25) is 15.0 Å². The molecule has 0 fully saturated rings. The van der Waals surface area contributed by atoms with Gasteiger partial charge in [0.05, 0.1) is 34.6 Å². The lowest BCUT2D eigenvalue weighted by Gasteiger charge is -2.35. The second kappa shape index (κ2) is 12.9. The fraction of sp³-hybridized carbons (Fsp3) is 0.216. The van der Waals surface area contributed by atoms with Crippen LogP contribution in [0.25, 0.3) is 22.4 Å². The Labute approximate surface area is 261 Å². The largest absolute Gasteiger partial charge is 0.459 e. The van der Waals surface area contributed by atoms with Gasteiger partial charge < -0.3 is 14.7 Å². The fourth-order valence-electron chi connectivity index (χ4n) is 6.44. The van der Waals surface area contributed by atoms with Crippen LogP contribution in [0.4, 0.5) is 5.69 Å². The number of nitro benzene ring substituents is 1. The Morgan fingerprint density at radius 2 is 1.64 bits per heavy atom. The molecule has 4 aromatic carbocycles. The van der Waals surface area contributed by atoms with E-state index in [9.17, 15) is 10.1 Å². The maximum Gasteiger partial charge on any atom is 0.280 e. The number of rotatable bonds is 11. The van der Waals surface area contributed by atoms with Crippen molar-refractivity contribution in [3.05, 3.63) is 153 Å². The number of hydrogen-bond donors (Lipinski definition) is 2. The minimum atomic E-state index is -0.383. The molecule has 0 saturated heterocycles. The molecule has 0 saturated carbocycles. The highest BCUT2D eigenvalue weighted by atomic mass is 16.6. The first-order valence-electron chi connectivity index (χ1n) is 15.5. The molecule has 226 valence electrons. The van der Waals surface area contributed by atoms with Gasteiger partial charge in [0, 0.05) is 25.2 Å². The molecule has 0 bridgehead atoms. The standard InChI is InChI=1S/C37H35N5O3/c43-42(44)35-14-6-3-11-31(35)36-21-20-29(45-36)23-38-22-26-16-18-27(19-17-26)24-41(25-37-39-32-12-4-5-13-33(32)40-37)34-15-7-9-28-8-1-2-10-30(28)34/h1-6,8,10-14,16-21,34,38H,7,9,15,22-25H2,(H,39,40). The zero-order valence-corrected chi connectivity index (χ0v) is 25.0. The maximum atomic E-state index is 11.4. The zero-order valence-electron chi connectivity index (χ0n) is 25.0. The summed E-state index contributed by atoms with van der Waals surface area (Å²) in [4.78, 5) is 22.0. The zero-order chi connectivity index (χ0) is 30.6. The average molecular weight is 598 g/mol. The van der Waals surface area contributed by atoms with Crippen LogP contribution in [0.5, 0.6) is 0 Å². The summed E-state index contributed by atoms with van der Waals surface area (Å²) in [6, 6.07) is 36.5. The van der Waals surface area contributed by atoms with Crippen LogP contribution in [0.3, 0.4) is 0 Å². The van der Waals surface area contributed by atoms with E-state index in [4.69, 9.17) is 9.40 Å². The monoisotopic (exact) mass is 597 g/mol. The van der Waals surface area contributed by atoms with E-state index in [0.717, 1.165) is 48.5 Å². The normalized spacial score (nSPS) is 14.6. The Bertz CT molecular complexity index is 1890. The molecule has 0 spiro atoms. The van der Waals surface area contributed by atoms with Crippen LogP contribution in [0.1, 0.15) is 52.7 Å². The third-order valence-corrected chi connectivity index (χ3v) is 8.63. The van der Waals surface area contributed by atoms with Crippen molar-refractivity contribution in [1.82, 2.24) is 20.2 Å². The first-order valence-corrected chi connectivity index (χ1v) is 15.5. The molecule has 2 aromatic heterocycles. The molecule has 1 aliphatic rings. The second-order valence-electron chi connectivity index (χ2n) is 11.7. The smallest absolute Gasteiger partial charge is 0.280 e. The Balaban J connectivity index is 1.02. The van der Waals surface area contributed by atoms with Crippen LogP contribution in [0.15, 0.2) is 114 Å². The highest BCUT2D eigenvalue weighted by molar-refractivity contribution is 5.74. The van der Waals surface area contributed by atoms with Crippen LogP contribution >= 0.6 is 0 Å². The van der Waals surface area contributed by atoms with Gasteiger partial charge in [-0.1, -0.05) is 72.8 Å². The summed E-state index contributed by atoms with van der Waals surface area (Å²) in [5.41, 5.74) is 7.92. The topological polar surface area (TPSA) is 100 Å². The first-order chi connectivity index (χ1) is 22.1. The van der Waals surface area contributed by atoms with Crippen LogP contribution in [0, 0.1) is 10.1 Å². The molecular weight excluding hydrogens is 562 g/mol. The van der Waals surface area contributed by atoms with Gasteiger partial charge in [-0.25, -0.2) is 4.98 Å². The van der Waals surface area contributed by atoms with Gasteiger partial charge in [0.2, 0.25) is 0 Å². The van der Waals surface area contributed by atoms with Gasteiger partial charge in [-0.2, -0.15) is 0 Å². The summed E-state index contributed by atoms with van der Waals surface area (Å²) in [5.74, 6) is 2.22. The average Bonchev–Trinajstić information content (AvgIpc) is 3.72. The fourth-order valence-corrected chi connectivity index (χ4v) is 6.44. The van der Waals surface area contributed by atoms with Crippen molar-refractivity contribution < 1.29 is 9.34 Å². The number of para-hydroxylation sites is 3. The van der Waals surface area contributed by atoms with Crippen molar-refractivity contribution in [2.75, 3.05) is 0 Å². The number of imidazole rings is 1. The third-order valence-electron chi connectivity index (χ3n) is 8.63. The van der Waals surface area contributed by atoms with Gasteiger partial charge >= 0.3 is 0 Å². The number of hydrogen-bond acceptors (Lipinski definition) is 6. The van der Waals surface area contributed by atoms with E-state index in [1.165, 1.54) is 34.7 Å². The minimum Gasteiger partial charge on any atom is -0.459 e. The molecule has 0 amide bonds. The quantitative estimate of drug-likeness (QED) is 0.116. The lowest BCUT2D eigenvalue weighted by atomic mass is 9.86. The Morgan fingerprint density at radius 1 is 0.867 bits per heavy atom. The summed E-state index contributed by atoms with van der Waals surface area (Å²) < 4.78 is 5.93. The number of nitro groups is 1. The van der Waals surface area contributed by atoms with Gasteiger partial charge in [0.15, 0.2) is 0 Å². The summed E-state index contributed by atoms with van der Waals surface area (Å²) >= 11 is 0. The SMILES string of the molecule is O=[N+]([O-])c1ccccc1-c1ccc(CNCc2ccc(CN(Cc3nc4ccccc4[nH]3)C3CCCc4ccccc43)cc2)o1. The van der Waals surface area contributed by atoms with Gasteiger partial charge in [0.25, 0.3) is 5.69 Å². The molecule has 45 heavy (non-hydrogen) atoms. The number of furan rings is 1. The van der Waals surface area contributed by atoms with Crippen molar-refractivity contribution in [2.45, 2.75) is 51.5 Å². The third kappa shape index (κ3) is 6.43. The number of nitrogens with one attached hydrogen (secondary N) is 2. The van der Waals surface area contributed by atoms with Crippen molar-refractivity contribution in [2.24, 2.45) is 0 Å². The molecule has 6 aromatic rings. The van der Waals surface area contributed by atoms with E-state index < -0.39 is 0 Å². The number of benzene rings is 4. The van der Waals surface area contributed by atoms with E-state index in [1.54, 1.807) is 24.3 Å². The predicted octanol–water partition coefficient (Wildman–Crippen LogP) is 8.10. The minimum absolute atomic E-state index is 0.0373. The lowest BCUT2D eigenvalue weighted by Crippen LogP contribution is -2.31. The van der Waals surface area contributed by atoms with E-state index in [-0.39, 0.29) is 10.6 Å². The van der Waals surface area contributed by atoms with Gasteiger partial charge in [-0.15, -0.1) is 0 Å². The molecule has 2 N–H and O–H groups in total. The molecule has 1 atom stereocenters. The summed E-state index contributed by atoms with van der Waals surface area (Å²) in [7, 11) is 0. The molecule has 7 rings (SSSR count). The molecule has 0 radical (unpaired) electrons. The van der Waals surface area contributed by atoms with E-state index in [2.05, 4.69) is 75.9 Å². The van der Waals surface area contributed by atoms with Crippen LogP contribution in [-0.4, -0.2) is 19.8 Å². The number of H-pyrrole nitrogens is 1. The lowest BCUT2D eigenvalue weighted by molar-refractivity contribution is -0.384. The highest BCUT2D eigenvalue weighted by Gasteiger charge is 2.27. The summed E-state index contributed by atoms with van der Waals surface area (Å²) in [5, 5.41) is 14.8. The van der Waals surface area contributed by atoms with Crippen LogP contribution in [-0.2, 0) is 32.6 Å². The number of fused-ring (bicyclic) bond motifs is 2. The van der Waals surface area contributed by atoms with Crippen molar-refractivity contribution >= 4 is 16.7 Å². The van der Waals surface area contributed by atoms with Crippen LogP contribution in [0.2, 0.25) is 0 Å². The summed E-state index contributed by atoms with van der Waals surface area (Å²) in [6.45, 7) is 2.77. The van der Waals surface area contributed by atoms with Gasteiger partial charge in [0.1, 0.15) is 17.3 Å². The molecule has 0 aliphatic heterocycles.